The number of amides is 2. The van der Waals surface area contributed by atoms with E-state index in [1.165, 1.54) is 29.4 Å². The van der Waals surface area contributed by atoms with E-state index in [0.717, 1.165) is 10.6 Å². The highest BCUT2D eigenvalue weighted by atomic mass is 32.2. The Morgan fingerprint density at radius 1 is 1.38 bits per heavy atom. The predicted octanol–water partition coefficient (Wildman–Crippen LogP) is 2.79. The third kappa shape index (κ3) is 5.33. The summed E-state index contributed by atoms with van der Waals surface area (Å²) in [5.74, 6) is 0.416. The second-order valence-corrected chi connectivity index (χ2v) is 8.10. The Morgan fingerprint density at radius 2 is 2.21 bits per heavy atom. The van der Waals surface area contributed by atoms with E-state index < -0.39 is 0 Å². The van der Waals surface area contributed by atoms with Crippen molar-refractivity contribution >= 4 is 40.0 Å². The zero-order valence-corrected chi connectivity index (χ0v) is 17.6. The lowest BCUT2D eigenvalue weighted by Gasteiger charge is -2.08. The Balaban J connectivity index is 1.59. The van der Waals surface area contributed by atoms with Crippen LogP contribution in [-0.4, -0.2) is 37.3 Å². The summed E-state index contributed by atoms with van der Waals surface area (Å²) in [6.07, 6.45) is 3.13. The van der Waals surface area contributed by atoms with Gasteiger partial charge in [-0.1, -0.05) is 17.8 Å². The number of carbonyl (C=O) groups excluding carboxylic acids is 2. The van der Waals surface area contributed by atoms with E-state index in [4.69, 9.17) is 4.42 Å². The molecule has 0 saturated carbocycles. The Bertz CT molecular complexity index is 990. The number of furan rings is 1. The summed E-state index contributed by atoms with van der Waals surface area (Å²) in [5, 5.41) is 14.9. The first-order valence-corrected chi connectivity index (χ1v) is 10.5. The molecule has 3 heterocycles. The van der Waals surface area contributed by atoms with Crippen molar-refractivity contribution in [3.8, 4) is 0 Å². The van der Waals surface area contributed by atoms with Crippen LogP contribution >= 0.6 is 23.1 Å². The molecule has 0 aliphatic rings. The van der Waals surface area contributed by atoms with Crippen molar-refractivity contribution in [2.24, 2.45) is 0 Å². The fourth-order valence-corrected chi connectivity index (χ4v) is 3.93. The average Bonchev–Trinajstić information content (AvgIpc) is 3.41. The molecule has 11 heteroatoms. The minimum absolute atomic E-state index is 0.158. The third-order valence-electron chi connectivity index (χ3n) is 3.86. The lowest BCUT2D eigenvalue weighted by atomic mass is 10.4. The summed E-state index contributed by atoms with van der Waals surface area (Å²) in [4.78, 5) is 29.6. The van der Waals surface area contributed by atoms with Gasteiger partial charge in [0.25, 0.3) is 5.91 Å². The van der Waals surface area contributed by atoms with Gasteiger partial charge in [0.1, 0.15) is 0 Å². The molecule has 0 saturated heterocycles. The van der Waals surface area contributed by atoms with E-state index in [9.17, 15) is 9.59 Å². The Kier molecular flexibility index (Phi) is 6.83. The standard InChI is InChI=1S/C18H20N6O3S2/c1-4-7-24-14(9-19-16(26)13-6-5-8-27-13)22-23-18(24)28-10-15(25)21-17-20-11(2)12(3)29-17/h4-6,8H,1,7,9-10H2,2-3H3,(H,19,26)(H,20,21,25). The number of nitrogens with zero attached hydrogens (tertiary/aromatic N) is 4. The number of carbonyl (C=O) groups is 2. The zero-order chi connectivity index (χ0) is 20.8. The van der Waals surface area contributed by atoms with E-state index in [1.54, 1.807) is 22.8 Å². The predicted molar refractivity (Wildman–Crippen MR) is 111 cm³/mol. The molecule has 0 atom stereocenters. The topological polar surface area (TPSA) is 115 Å². The number of thiazole rings is 1. The van der Waals surface area contributed by atoms with E-state index in [0.29, 0.717) is 22.7 Å². The molecule has 0 radical (unpaired) electrons. The van der Waals surface area contributed by atoms with Gasteiger partial charge < -0.3 is 19.6 Å². The van der Waals surface area contributed by atoms with Gasteiger partial charge in [0.05, 0.1) is 24.3 Å². The molecule has 3 rings (SSSR count). The Morgan fingerprint density at radius 3 is 2.86 bits per heavy atom. The first-order valence-electron chi connectivity index (χ1n) is 8.69. The van der Waals surface area contributed by atoms with Crippen LogP contribution in [0.1, 0.15) is 27.0 Å². The van der Waals surface area contributed by atoms with Gasteiger partial charge in [-0.25, -0.2) is 4.98 Å². The van der Waals surface area contributed by atoms with Gasteiger partial charge >= 0.3 is 0 Å². The molecule has 29 heavy (non-hydrogen) atoms. The number of nitrogens with one attached hydrogen (secondary N) is 2. The van der Waals surface area contributed by atoms with E-state index in [2.05, 4.69) is 32.4 Å². The van der Waals surface area contributed by atoms with Crippen LogP contribution in [0.5, 0.6) is 0 Å². The molecule has 0 aromatic carbocycles. The van der Waals surface area contributed by atoms with E-state index >= 15 is 0 Å². The maximum absolute atomic E-state index is 12.2. The second kappa shape index (κ2) is 9.52. The van der Waals surface area contributed by atoms with Crippen LogP contribution in [0, 0.1) is 13.8 Å². The van der Waals surface area contributed by atoms with Crippen LogP contribution in [0.25, 0.3) is 0 Å². The summed E-state index contributed by atoms with van der Waals surface area (Å²) >= 11 is 2.69. The van der Waals surface area contributed by atoms with Crippen LogP contribution in [0.15, 0.2) is 40.6 Å². The first-order chi connectivity index (χ1) is 14.0. The number of rotatable bonds is 9. The van der Waals surface area contributed by atoms with Gasteiger partial charge in [-0.2, -0.15) is 0 Å². The molecule has 3 aromatic heterocycles. The molecule has 152 valence electrons. The number of hydrogen-bond donors (Lipinski definition) is 2. The van der Waals surface area contributed by atoms with Crippen molar-refractivity contribution in [2.45, 2.75) is 32.1 Å². The maximum atomic E-state index is 12.2. The second-order valence-electron chi connectivity index (χ2n) is 5.96. The minimum Gasteiger partial charge on any atom is -0.459 e. The van der Waals surface area contributed by atoms with Crippen molar-refractivity contribution in [3.63, 3.8) is 0 Å². The summed E-state index contributed by atoms with van der Waals surface area (Å²) in [7, 11) is 0. The number of hydrogen-bond acceptors (Lipinski definition) is 8. The van der Waals surface area contributed by atoms with E-state index in [-0.39, 0.29) is 29.9 Å². The van der Waals surface area contributed by atoms with Gasteiger partial charge in [0.2, 0.25) is 5.91 Å². The van der Waals surface area contributed by atoms with Crippen molar-refractivity contribution in [3.05, 3.63) is 53.2 Å². The fourth-order valence-electron chi connectivity index (χ4n) is 2.33. The lowest BCUT2D eigenvalue weighted by molar-refractivity contribution is -0.113. The molecule has 2 N–H and O–H groups in total. The van der Waals surface area contributed by atoms with Crippen molar-refractivity contribution in [1.29, 1.82) is 0 Å². The van der Waals surface area contributed by atoms with Crippen molar-refractivity contribution in [2.75, 3.05) is 11.1 Å². The molecule has 0 spiro atoms. The number of aryl methyl sites for hydroxylation is 2. The van der Waals surface area contributed by atoms with E-state index in [1.807, 2.05) is 13.8 Å². The SMILES string of the molecule is C=CCn1c(CNC(=O)c2ccco2)nnc1SCC(=O)Nc1nc(C)c(C)s1. The first kappa shape index (κ1) is 20.8. The normalized spacial score (nSPS) is 10.7. The monoisotopic (exact) mass is 432 g/mol. The van der Waals surface area contributed by atoms with Crippen LogP contribution in [-0.2, 0) is 17.9 Å². The molecule has 2 amide bonds. The molecule has 0 aliphatic heterocycles. The van der Waals surface area contributed by atoms with Crippen LogP contribution in [0.3, 0.4) is 0 Å². The number of allylic oxidation sites excluding steroid dienone is 1. The van der Waals surface area contributed by atoms with Crippen LogP contribution < -0.4 is 10.6 Å². The quantitative estimate of drug-likeness (QED) is 0.395. The minimum atomic E-state index is -0.342. The van der Waals surface area contributed by atoms with Crippen molar-refractivity contribution in [1.82, 2.24) is 25.1 Å². The summed E-state index contributed by atoms with van der Waals surface area (Å²) in [5.41, 5.74) is 0.907. The fraction of sp³-hybridized carbons (Fsp3) is 0.278. The van der Waals surface area contributed by atoms with Crippen molar-refractivity contribution < 1.29 is 14.0 Å². The average molecular weight is 433 g/mol. The van der Waals surface area contributed by atoms with Gasteiger partial charge in [-0.3, -0.25) is 9.59 Å². The maximum Gasteiger partial charge on any atom is 0.287 e. The molecule has 0 aliphatic carbocycles. The smallest absolute Gasteiger partial charge is 0.287 e. The highest BCUT2D eigenvalue weighted by Gasteiger charge is 2.16. The number of aromatic nitrogens is 4. The lowest BCUT2D eigenvalue weighted by Crippen LogP contribution is -2.24. The molecule has 0 fully saturated rings. The van der Waals surface area contributed by atoms with Gasteiger partial charge in [-0.15, -0.1) is 28.1 Å². The Labute approximate surface area is 175 Å². The molecular weight excluding hydrogens is 412 g/mol. The largest absolute Gasteiger partial charge is 0.459 e. The summed E-state index contributed by atoms with van der Waals surface area (Å²) in [6.45, 7) is 8.23. The number of anilines is 1. The summed E-state index contributed by atoms with van der Waals surface area (Å²) in [6, 6.07) is 3.22. The van der Waals surface area contributed by atoms with Crippen LogP contribution in [0.4, 0.5) is 5.13 Å². The molecule has 3 aromatic rings. The molecule has 0 unspecified atom stereocenters. The van der Waals surface area contributed by atoms with Crippen LogP contribution in [0.2, 0.25) is 0 Å². The summed E-state index contributed by atoms with van der Waals surface area (Å²) < 4.78 is 6.86. The molecule has 9 nitrogen and oxygen atoms in total. The zero-order valence-electron chi connectivity index (χ0n) is 16.0. The highest BCUT2D eigenvalue weighted by Crippen LogP contribution is 2.22. The van der Waals surface area contributed by atoms with Gasteiger partial charge in [0, 0.05) is 11.4 Å². The van der Waals surface area contributed by atoms with Gasteiger partial charge in [0.15, 0.2) is 21.9 Å². The third-order valence-corrected chi connectivity index (χ3v) is 5.82. The molecule has 0 bridgehead atoms. The van der Waals surface area contributed by atoms with Gasteiger partial charge in [-0.05, 0) is 26.0 Å². The molecular formula is C18H20N6O3S2. The highest BCUT2D eigenvalue weighted by molar-refractivity contribution is 7.99. The number of thioether (sulfide) groups is 1. The Hall–Kier alpha value is -2.92.